The van der Waals surface area contributed by atoms with Gasteiger partial charge in [-0.15, -0.1) is 0 Å². The van der Waals surface area contributed by atoms with Crippen LogP contribution < -0.4 is 10.8 Å². The van der Waals surface area contributed by atoms with Crippen LogP contribution in [0.15, 0.2) is 0 Å². The van der Waals surface area contributed by atoms with Crippen LogP contribution in [0.1, 0.15) is 48.5 Å². The molecule has 8 nitrogen and oxygen atoms in total. The highest BCUT2D eigenvalue weighted by Gasteiger charge is 2.58. The van der Waals surface area contributed by atoms with Gasteiger partial charge in [-0.3, -0.25) is 14.4 Å². The molecule has 2 aliphatic heterocycles. The molecule has 0 aromatic carbocycles. The Hall–Kier alpha value is -1.22. The van der Waals surface area contributed by atoms with Gasteiger partial charge in [-0.1, -0.05) is 34.6 Å². The van der Waals surface area contributed by atoms with E-state index in [1.807, 2.05) is 13.8 Å². The Labute approximate surface area is 148 Å². The second-order valence-corrected chi connectivity index (χ2v) is 8.43. The number of ether oxygens (including phenoxy) is 3. The van der Waals surface area contributed by atoms with Crippen LogP contribution in [0.2, 0.25) is 0 Å². The summed E-state index contributed by atoms with van der Waals surface area (Å²) >= 11 is 0. The molecule has 0 aromatic rings. The molecule has 0 unspecified atom stereocenters. The highest BCUT2D eigenvalue weighted by molar-refractivity contribution is 5.82. The smallest absolute Gasteiger partial charge is 0.252 e. The van der Waals surface area contributed by atoms with Crippen molar-refractivity contribution in [1.29, 1.82) is 0 Å². The van der Waals surface area contributed by atoms with Crippen molar-refractivity contribution in [3.8, 4) is 0 Å². The van der Waals surface area contributed by atoms with Crippen molar-refractivity contribution in [2.24, 2.45) is 11.3 Å². The van der Waals surface area contributed by atoms with E-state index in [2.05, 4.69) is 10.8 Å². The van der Waals surface area contributed by atoms with Crippen LogP contribution in [0.3, 0.4) is 0 Å². The number of nitrogens with one attached hydrogen (secondary N) is 2. The molecule has 2 rings (SSSR count). The third-order valence-electron chi connectivity index (χ3n) is 3.90. The lowest BCUT2D eigenvalue weighted by Crippen LogP contribution is -2.49. The van der Waals surface area contributed by atoms with E-state index in [9.17, 15) is 9.59 Å². The molecule has 0 radical (unpaired) electrons. The number of hydrogen-bond acceptors (Lipinski definition) is 6. The maximum Gasteiger partial charge on any atom is 0.252 e. The van der Waals surface area contributed by atoms with E-state index in [0.717, 1.165) is 0 Å². The molecule has 2 amide bonds. The first-order chi connectivity index (χ1) is 11.4. The van der Waals surface area contributed by atoms with Gasteiger partial charge in [0.05, 0.1) is 0 Å². The van der Waals surface area contributed by atoms with Crippen LogP contribution in [0.4, 0.5) is 0 Å². The molecular weight excluding hydrogens is 328 g/mol. The van der Waals surface area contributed by atoms with Crippen LogP contribution in [0.5, 0.6) is 0 Å². The van der Waals surface area contributed by atoms with Crippen molar-refractivity contribution < 1.29 is 28.6 Å². The van der Waals surface area contributed by atoms with Crippen molar-refractivity contribution in [1.82, 2.24) is 10.8 Å². The lowest BCUT2D eigenvalue weighted by molar-refractivity contribution is -0.222. The summed E-state index contributed by atoms with van der Waals surface area (Å²) in [5.74, 6) is -1.15. The first kappa shape index (κ1) is 20.1. The van der Waals surface area contributed by atoms with Gasteiger partial charge in [0.25, 0.3) is 5.91 Å². The SMILES string of the molecule is CC(C)CNC(=O)[C@H]1O[C@@H]2OC(C)(C)O[C@@H]2[C@H]1ONC(=O)C(C)(C)C. The molecule has 2 aliphatic rings. The Balaban J connectivity index is 2.07. The van der Waals surface area contributed by atoms with E-state index in [1.54, 1.807) is 34.6 Å². The molecule has 8 heteroatoms. The third kappa shape index (κ3) is 4.91. The molecule has 0 spiro atoms. The average Bonchev–Trinajstić information content (AvgIpc) is 2.93. The van der Waals surface area contributed by atoms with Crippen LogP contribution in [0.25, 0.3) is 0 Å². The molecule has 0 saturated carbocycles. The van der Waals surface area contributed by atoms with E-state index in [-0.39, 0.29) is 11.8 Å². The van der Waals surface area contributed by atoms with E-state index in [1.165, 1.54) is 0 Å². The quantitative estimate of drug-likeness (QED) is 0.715. The van der Waals surface area contributed by atoms with Gasteiger partial charge < -0.3 is 19.5 Å². The molecule has 0 bridgehead atoms. The van der Waals surface area contributed by atoms with Gasteiger partial charge in [-0.25, -0.2) is 5.48 Å². The van der Waals surface area contributed by atoms with Crippen molar-refractivity contribution in [2.75, 3.05) is 6.54 Å². The first-order valence-electron chi connectivity index (χ1n) is 8.65. The Morgan fingerprint density at radius 2 is 1.84 bits per heavy atom. The molecule has 25 heavy (non-hydrogen) atoms. The predicted octanol–water partition coefficient (Wildman–Crippen LogP) is 1.10. The zero-order valence-corrected chi connectivity index (χ0v) is 16.0. The van der Waals surface area contributed by atoms with Crippen molar-refractivity contribution in [3.05, 3.63) is 0 Å². The van der Waals surface area contributed by atoms with Crippen molar-refractivity contribution in [3.63, 3.8) is 0 Å². The number of fused-ring (bicyclic) bond motifs is 1. The van der Waals surface area contributed by atoms with Gasteiger partial charge >= 0.3 is 0 Å². The second kappa shape index (κ2) is 7.19. The molecule has 2 saturated heterocycles. The Bertz CT molecular complexity index is 514. The summed E-state index contributed by atoms with van der Waals surface area (Å²) < 4.78 is 17.2. The molecule has 0 aliphatic carbocycles. The number of amides is 2. The minimum atomic E-state index is -0.926. The van der Waals surface area contributed by atoms with Crippen molar-refractivity contribution >= 4 is 11.8 Å². The fraction of sp³-hybridized carbons (Fsp3) is 0.882. The predicted molar refractivity (Wildman–Crippen MR) is 89.0 cm³/mol. The van der Waals surface area contributed by atoms with E-state index in [4.69, 9.17) is 19.0 Å². The van der Waals surface area contributed by atoms with Gasteiger partial charge in [0.1, 0.15) is 6.10 Å². The first-order valence-corrected chi connectivity index (χ1v) is 8.65. The number of hydroxylamine groups is 1. The topological polar surface area (TPSA) is 95.1 Å². The minimum absolute atomic E-state index is 0.296. The Morgan fingerprint density at radius 1 is 1.20 bits per heavy atom. The molecular formula is C17H30N2O6. The normalized spacial score (nSPS) is 31.0. The third-order valence-corrected chi connectivity index (χ3v) is 3.90. The minimum Gasteiger partial charge on any atom is -0.353 e. The van der Waals surface area contributed by atoms with E-state index < -0.39 is 35.8 Å². The van der Waals surface area contributed by atoms with Gasteiger partial charge in [-0.05, 0) is 19.8 Å². The summed E-state index contributed by atoms with van der Waals surface area (Å²) in [6.45, 7) is 13.3. The van der Waals surface area contributed by atoms with E-state index in [0.29, 0.717) is 12.5 Å². The largest absolute Gasteiger partial charge is 0.353 e. The number of carbonyl (C=O) groups excluding carboxylic acids is 2. The summed E-state index contributed by atoms with van der Waals surface area (Å²) in [4.78, 5) is 30.1. The summed E-state index contributed by atoms with van der Waals surface area (Å²) in [7, 11) is 0. The highest BCUT2D eigenvalue weighted by atomic mass is 16.9. The van der Waals surface area contributed by atoms with E-state index >= 15 is 0 Å². The fourth-order valence-electron chi connectivity index (χ4n) is 2.50. The van der Waals surface area contributed by atoms with Crippen LogP contribution in [-0.4, -0.2) is 48.7 Å². The van der Waals surface area contributed by atoms with Crippen LogP contribution in [-0.2, 0) is 28.6 Å². The zero-order chi connectivity index (χ0) is 19.0. The molecule has 2 fully saturated rings. The van der Waals surface area contributed by atoms with Gasteiger partial charge in [-0.2, -0.15) is 0 Å². The average molecular weight is 358 g/mol. The van der Waals surface area contributed by atoms with Crippen molar-refractivity contribution in [2.45, 2.75) is 78.9 Å². The number of rotatable bonds is 5. The fourth-order valence-corrected chi connectivity index (χ4v) is 2.50. The molecule has 0 aromatic heterocycles. The summed E-state index contributed by atoms with van der Waals surface area (Å²) in [5, 5.41) is 2.81. The molecule has 2 N–H and O–H groups in total. The Kier molecular flexibility index (Phi) is 5.78. The van der Waals surface area contributed by atoms with Gasteiger partial charge in [0, 0.05) is 12.0 Å². The summed E-state index contributed by atoms with van der Waals surface area (Å²) in [6.07, 6.45) is -3.05. The monoisotopic (exact) mass is 358 g/mol. The molecule has 4 atom stereocenters. The standard InChI is InChI=1S/C17H30N2O6/c1-9(2)8-18-13(20)11-10(25-19-15(21)16(3,4)5)12-14(22-11)24-17(6,7)23-12/h9-12,14H,8H2,1-7H3,(H,18,20)(H,19,21)/t10-,11-,12+,14+/m0/s1. The Morgan fingerprint density at radius 3 is 2.40 bits per heavy atom. The zero-order valence-electron chi connectivity index (χ0n) is 16.0. The second-order valence-electron chi connectivity index (χ2n) is 8.43. The highest BCUT2D eigenvalue weighted by Crippen LogP contribution is 2.38. The maximum atomic E-state index is 12.5. The lowest BCUT2D eigenvalue weighted by atomic mass is 9.96. The maximum absolute atomic E-state index is 12.5. The van der Waals surface area contributed by atoms with Gasteiger partial charge in [0.2, 0.25) is 5.91 Å². The summed E-state index contributed by atoms with van der Waals surface area (Å²) in [6, 6.07) is 0. The van der Waals surface area contributed by atoms with Crippen LogP contribution in [0, 0.1) is 11.3 Å². The molecule has 2 heterocycles. The molecule has 144 valence electrons. The van der Waals surface area contributed by atoms with Crippen LogP contribution >= 0.6 is 0 Å². The summed E-state index contributed by atoms with van der Waals surface area (Å²) in [5.41, 5.74) is 1.80. The number of hydrogen-bond donors (Lipinski definition) is 2. The lowest BCUT2D eigenvalue weighted by Gasteiger charge is -2.26. The number of carbonyl (C=O) groups is 2. The van der Waals surface area contributed by atoms with Gasteiger partial charge in [0.15, 0.2) is 24.3 Å².